The summed E-state index contributed by atoms with van der Waals surface area (Å²) in [5.74, 6) is -0.582. The van der Waals surface area contributed by atoms with E-state index in [1.807, 2.05) is 4.57 Å². The molecule has 2 heterocycles. The lowest BCUT2D eigenvalue weighted by Crippen LogP contribution is -2.28. The van der Waals surface area contributed by atoms with E-state index in [4.69, 9.17) is 0 Å². The summed E-state index contributed by atoms with van der Waals surface area (Å²) in [6.45, 7) is 1.05. The van der Waals surface area contributed by atoms with Gasteiger partial charge in [0.05, 0.1) is 16.6 Å². The van der Waals surface area contributed by atoms with Crippen LogP contribution in [0.2, 0.25) is 0 Å². The summed E-state index contributed by atoms with van der Waals surface area (Å²) in [5, 5.41) is 8.13. The zero-order valence-electron chi connectivity index (χ0n) is 11.8. The molecule has 5 nitrogen and oxygen atoms in total. The van der Waals surface area contributed by atoms with Crippen molar-refractivity contribution in [3.63, 3.8) is 0 Å². The van der Waals surface area contributed by atoms with Gasteiger partial charge in [-0.2, -0.15) is 0 Å². The summed E-state index contributed by atoms with van der Waals surface area (Å²) in [4.78, 5) is 13.7. The molecule has 1 amide bonds. The van der Waals surface area contributed by atoms with Crippen LogP contribution < -0.4 is 0 Å². The maximum absolute atomic E-state index is 13.8. The second-order valence-corrected chi connectivity index (χ2v) is 6.05. The summed E-state index contributed by atoms with van der Waals surface area (Å²) in [6, 6.07) is 1.84. The predicted molar refractivity (Wildman–Crippen MR) is 78.2 cm³/mol. The van der Waals surface area contributed by atoms with Gasteiger partial charge in [0.2, 0.25) is 0 Å². The Morgan fingerprint density at radius 1 is 1.36 bits per heavy atom. The molecule has 0 saturated carbocycles. The normalized spacial score (nSPS) is 13.3. The van der Waals surface area contributed by atoms with Crippen LogP contribution in [-0.4, -0.2) is 32.6 Å². The first kappa shape index (κ1) is 15.1. The lowest BCUT2D eigenvalue weighted by Gasteiger charge is -2.17. The van der Waals surface area contributed by atoms with Crippen LogP contribution in [0, 0.1) is 11.6 Å². The Labute approximate surface area is 134 Å². The first-order chi connectivity index (χ1) is 10.5. The summed E-state index contributed by atoms with van der Waals surface area (Å²) in [7, 11) is 1.55. The number of halogens is 3. The van der Waals surface area contributed by atoms with Gasteiger partial charge in [0.15, 0.2) is 5.82 Å². The fourth-order valence-electron chi connectivity index (χ4n) is 2.50. The highest BCUT2D eigenvalue weighted by atomic mass is 79.9. The van der Waals surface area contributed by atoms with Crippen molar-refractivity contribution in [2.24, 2.45) is 0 Å². The van der Waals surface area contributed by atoms with Gasteiger partial charge in [-0.25, -0.2) is 8.78 Å². The molecule has 22 heavy (non-hydrogen) atoms. The van der Waals surface area contributed by atoms with Gasteiger partial charge in [-0.05, 0) is 28.4 Å². The molecule has 0 atom stereocenters. The van der Waals surface area contributed by atoms with Crippen molar-refractivity contribution in [2.75, 3.05) is 7.05 Å². The quantitative estimate of drug-likeness (QED) is 0.780. The second kappa shape index (κ2) is 5.75. The summed E-state index contributed by atoms with van der Waals surface area (Å²) in [5.41, 5.74) is -0.183. The highest BCUT2D eigenvalue weighted by molar-refractivity contribution is 9.10. The molecule has 0 spiro atoms. The van der Waals surface area contributed by atoms with Crippen LogP contribution in [0.15, 0.2) is 16.6 Å². The Kier molecular flexibility index (Phi) is 3.94. The largest absolute Gasteiger partial charge is 0.334 e. The standard InChI is InChI=1S/C14H13BrF2N4O/c1-20(7-13-19-18-12-3-2-4-21(12)13)14(22)8-5-9(15)11(17)6-10(8)16/h5-6H,2-4,7H2,1H3. The first-order valence-electron chi connectivity index (χ1n) is 6.78. The van der Waals surface area contributed by atoms with E-state index < -0.39 is 17.5 Å². The van der Waals surface area contributed by atoms with E-state index in [1.54, 1.807) is 7.05 Å². The molecule has 116 valence electrons. The summed E-state index contributed by atoms with van der Waals surface area (Å²) in [6.07, 6.45) is 1.89. The van der Waals surface area contributed by atoms with Crippen LogP contribution in [0.1, 0.15) is 28.4 Å². The maximum atomic E-state index is 13.8. The van der Waals surface area contributed by atoms with Crippen LogP contribution in [0.5, 0.6) is 0 Å². The average Bonchev–Trinajstić information content (AvgIpc) is 3.07. The number of benzene rings is 1. The SMILES string of the molecule is CN(Cc1nnc2n1CCC2)C(=O)c1cc(Br)c(F)cc1F. The third-order valence-corrected chi connectivity index (χ3v) is 4.26. The van der Waals surface area contributed by atoms with Crippen LogP contribution in [-0.2, 0) is 19.5 Å². The number of carbonyl (C=O) groups is 1. The van der Waals surface area contributed by atoms with E-state index in [-0.39, 0.29) is 16.6 Å². The lowest BCUT2D eigenvalue weighted by molar-refractivity contribution is 0.0775. The van der Waals surface area contributed by atoms with Crippen molar-refractivity contribution in [3.05, 3.63) is 45.5 Å². The number of carbonyl (C=O) groups excluding carboxylic acids is 1. The molecular weight excluding hydrogens is 358 g/mol. The molecule has 8 heteroatoms. The zero-order chi connectivity index (χ0) is 15.9. The van der Waals surface area contributed by atoms with Gasteiger partial charge in [0.1, 0.15) is 17.5 Å². The molecule has 0 N–H and O–H groups in total. The Morgan fingerprint density at radius 2 is 2.14 bits per heavy atom. The van der Waals surface area contributed by atoms with E-state index >= 15 is 0 Å². The fraction of sp³-hybridized carbons (Fsp3) is 0.357. The van der Waals surface area contributed by atoms with Crippen LogP contribution >= 0.6 is 15.9 Å². The lowest BCUT2D eigenvalue weighted by atomic mass is 10.2. The number of aromatic nitrogens is 3. The maximum Gasteiger partial charge on any atom is 0.257 e. The average molecular weight is 371 g/mol. The Balaban J connectivity index is 1.81. The Morgan fingerprint density at radius 3 is 2.91 bits per heavy atom. The van der Waals surface area contributed by atoms with E-state index in [0.717, 1.165) is 31.3 Å². The van der Waals surface area contributed by atoms with Gasteiger partial charge in [-0.1, -0.05) is 0 Å². The van der Waals surface area contributed by atoms with E-state index in [2.05, 4.69) is 26.1 Å². The highest BCUT2D eigenvalue weighted by Crippen LogP contribution is 2.22. The minimum atomic E-state index is -0.885. The molecule has 1 aliphatic rings. The fourth-order valence-corrected chi connectivity index (χ4v) is 2.85. The first-order valence-corrected chi connectivity index (χ1v) is 7.57. The molecule has 1 aromatic carbocycles. The van der Waals surface area contributed by atoms with Crippen molar-refractivity contribution in [1.29, 1.82) is 0 Å². The van der Waals surface area contributed by atoms with Crippen LogP contribution in [0.4, 0.5) is 8.78 Å². The van der Waals surface area contributed by atoms with Gasteiger partial charge in [-0.3, -0.25) is 4.79 Å². The Hall–Kier alpha value is -1.83. The topological polar surface area (TPSA) is 51.0 Å². The smallest absolute Gasteiger partial charge is 0.257 e. The van der Waals surface area contributed by atoms with Crippen LogP contribution in [0.3, 0.4) is 0 Å². The molecule has 2 aromatic rings. The second-order valence-electron chi connectivity index (χ2n) is 5.20. The molecule has 0 bridgehead atoms. The third kappa shape index (κ3) is 2.63. The van der Waals surface area contributed by atoms with E-state index in [9.17, 15) is 13.6 Å². The summed E-state index contributed by atoms with van der Waals surface area (Å²) < 4.78 is 29.1. The minimum Gasteiger partial charge on any atom is -0.334 e. The molecule has 1 aromatic heterocycles. The molecule has 0 aliphatic carbocycles. The number of amides is 1. The van der Waals surface area contributed by atoms with E-state index in [1.165, 1.54) is 4.90 Å². The summed E-state index contributed by atoms with van der Waals surface area (Å²) >= 11 is 2.96. The van der Waals surface area contributed by atoms with Crippen molar-refractivity contribution in [3.8, 4) is 0 Å². The molecule has 0 fully saturated rings. The number of fused-ring (bicyclic) bond motifs is 1. The van der Waals surface area contributed by atoms with Gasteiger partial charge in [-0.15, -0.1) is 10.2 Å². The number of rotatable bonds is 3. The molecule has 0 saturated heterocycles. The van der Waals surface area contributed by atoms with Crippen LogP contribution in [0.25, 0.3) is 0 Å². The number of hydrogen-bond acceptors (Lipinski definition) is 3. The monoisotopic (exact) mass is 370 g/mol. The van der Waals surface area contributed by atoms with Crippen molar-refractivity contribution >= 4 is 21.8 Å². The molecule has 3 rings (SSSR count). The van der Waals surface area contributed by atoms with Crippen molar-refractivity contribution in [1.82, 2.24) is 19.7 Å². The third-order valence-electron chi connectivity index (χ3n) is 3.65. The van der Waals surface area contributed by atoms with Gasteiger partial charge in [0, 0.05) is 26.1 Å². The van der Waals surface area contributed by atoms with Crippen molar-refractivity contribution < 1.29 is 13.6 Å². The number of hydrogen-bond donors (Lipinski definition) is 0. The molecule has 1 aliphatic heterocycles. The Bertz CT molecular complexity index is 747. The van der Waals surface area contributed by atoms with Crippen molar-refractivity contribution in [2.45, 2.75) is 25.9 Å². The van der Waals surface area contributed by atoms with Gasteiger partial charge < -0.3 is 9.47 Å². The molecule has 0 unspecified atom stereocenters. The van der Waals surface area contributed by atoms with Gasteiger partial charge in [0.25, 0.3) is 5.91 Å². The zero-order valence-corrected chi connectivity index (χ0v) is 13.4. The predicted octanol–water partition coefficient (Wildman–Crippen LogP) is 2.54. The highest BCUT2D eigenvalue weighted by Gasteiger charge is 2.22. The number of nitrogens with zero attached hydrogens (tertiary/aromatic N) is 4. The van der Waals surface area contributed by atoms with E-state index in [0.29, 0.717) is 11.9 Å². The molecule has 0 radical (unpaired) electrons. The van der Waals surface area contributed by atoms with Gasteiger partial charge >= 0.3 is 0 Å². The minimum absolute atomic E-state index is 0.0500. The number of aryl methyl sites for hydroxylation is 1. The molecular formula is C14H13BrF2N4O.